The van der Waals surface area contributed by atoms with Gasteiger partial charge in [0.2, 0.25) is 0 Å². The lowest BCUT2D eigenvalue weighted by molar-refractivity contribution is -0.384. The molecule has 2 aromatic rings. The number of hydrogen-bond donors (Lipinski definition) is 2. The molecule has 136 valence electrons. The Bertz CT molecular complexity index is 795. The van der Waals surface area contributed by atoms with Gasteiger partial charge in [-0.1, -0.05) is 17.7 Å². The standard InChI is InChI=1S/C17H16ClN3O5/c18-13-6-4-12(5-7-13)17(23)20-9-8-19-16(22)11-26-15-3-1-2-14(10-15)21(24)25/h1-7,10H,8-9,11H2,(H,19,22)(H,20,23). The molecule has 0 aromatic heterocycles. The summed E-state index contributed by atoms with van der Waals surface area (Å²) in [5.74, 6) is -0.452. The number of carbonyl (C=O) groups excluding carboxylic acids is 2. The smallest absolute Gasteiger partial charge is 0.273 e. The number of benzene rings is 2. The monoisotopic (exact) mass is 377 g/mol. The summed E-state index contributed by atoms with van der Waals surface area (Å²) in [5.41, 5.74) is 0.350. The highest BCUT2D eigenvalue weighted by Crippen LogP contribution is 2.18. The van der Waals surface area contributed by atoms with E-state index in [0.717, 1.165) is 0 Å². The summed E-state index contributed by atoms with van der Waals surface area (Å²) in [6.07, 6.45) is 0. The highest BCUT2D eigenvalue weighted by Gasteiger charge is 2.08. The third-order valence-corrected chi connectivity index (χ3v) is 3.49. The molecule has 2 amide bonds. The minimum Gasteiger partial charge on any atom is -0.484 e. The number of nitro benzene ring substituents is 1. The van der Waals surface area contributed by atoms with Crippen LogP contribution >= 0.6 is 11.6 Å². The zero-order chi connectivity index (χ0) is 18.9. The normalized spacial score (nSPS) is 10.0. The van der Waals surface area contributed by atoms with Crippen LogP contribution in [0.2, 0.25) is 5.02 Å². The Labute approximate surface area is 154 Å². The first-order valence-electron chi connectivity index (χ1n) is 7.63. The van der Waals surface area contributed by atoms with E-state index in [2.05, 4.69) is 10.6 Å². The minimum absolute atomic E-state index is 0.118. The quantitative estimate of drug-likeness (QED) is 0.416. The summed E-state index contributed by atoms with van der Waals surface area (Å²) >= 11 is 5.75. The van der Waals surface area contributed by atoms with Gasteiger partial charge in [0.1, 0.15) is 5.75 Å². The van der Waals surface area contributed by atoms with Crippen LogP contribution in [0.5, 0.6) is 5.75 Å². The van der Waals surface area contributed by atoms with Gasteiger partial charge in [0, 0.05) is 29.7 Å². The predicted octanol–water partition coefficient (Wildman–Crippen LogP) is 2.17. The third-order valence-electron chi connectivity index (χ3n) is 3.24. The highest BCUT2D eigenvalue weighted by molar-refractivity contribution is 6.30. The fourth-order valence-corrected chi connectivity index (χ4v) is 2.09. The van der Waals surface area contributed by atoms with E-state index in [9.17, 15) is 19.7 Å². The Balaban J connectivity index is 1.67. The van der Waals surface area contributed by atoms with Crippen molar-refractivity contribution in [1.29, 1.82) is 0 Å². The number of halogens is 1. The largest absolute Gasteiger partial charge is 0.484 e. The van der Waals surface area contributed by atoms with Crippen LogP contribution in [0, 0.1) is 10.1 Å². The Morgan fingerprint density at radius 2 is 1.77 bits per heavy atom. The summed E-state index contributed by atoms with van der Waals surface area (Å²) in [7, 11) is 0. The van der Waals surface area contributed by atoms with Crippen LogP contribution in [0.3, 0.4) is 0 Å². The van der Waals surface area contributed by atoms with Gasteiger partial charge in [-0.2, -0.15) is 0 Å². The van der Waals surface area contributed by atoms with E-state index in [0.29, 0.717) is 10.6 Å². The van der Waals surface area contributed by atoms with Crippen molar-refractivity contribution < 1.29 is 19.2 Å². The summed E-state index contributed by atoms with van der Waals surface area (Å²) in [4.78, 5) is 33.7. The summed E-state index contributed by atoms with van der Waals surface area (Å²) in [6, 6.07) is 12.0. The van der Waals surface area contributed by atoms with Crippen LogP contribution in [0.25, 0.3) is 0 Å². The number of non-ortho nitro benzene ring substituents is 1. The number of nitrogens with zero attached hydrogens (tertiary/aromatic N) is 1. The molecule has 0 fully saturated rings. The SMILES string of the molecule is O=C(COc1cccc([N+](=O)[O-])c1)NCCNC(=O)c1ccc(Cl)cc1. The Kier molecular flexibility index (Phi) is 6.92. The van der Waals surface area contributed by atoms with Gasteiger partial charge in [0.05, 0.1) is 11.0 Å². The van der Waals surface area contributed by atoms with Crippen LogP contribution in [0.4, 0.5) is 5.69 Å². The topological polar surface area (TPSA) is 111 Å². The van der Waals surface area contributed by atoms with E-state index < -0.39 is 10.8 Å². The highest BCUT2D eigenvalue weighted by atomic mass is 35.5. The number of carbonyl (C=O) groups is 2. The van der Waals surface area contributed by atoms with E-state index in [1.807, 2.05) is 0 Å². The van der Waals surface area contributed by atoms with Crippen LogP contribution in [-0.4, -0.2) is 36.4 Å². The van der Waals surface area contributed by atoms with Crippen LogP contribution < -0.4 is 15.4 Å². The first kappa shape index (κ1) is 19.2. The molecule has 0 radical (unpaired) electrons. The number of hydrogen-bond acceptors (Lipinski definition) is 5. The molecule has 0 bridgehead atoms. The zero-order valence-corrected chi connectivity index (χ0v) is 14.4. The second-order valence-electron chi connectivity index (χ2n) is 5.16. The van der Waals surface area contributed by atoms with E-state index in [1.54, 1.807) is 24.3 Å². The molecular formula is C17H16ClN3O5. The van der Waals surface area contributed by atoms with Crippen molar-refractivity contribution in [2.24, 2.45) is 0 Å². The molecule has 0 unspecified atom stereocenters. The molecule has 2 N–H and O–H groups in total. The Morgan fingerprint density at radius 3 is 2.46 bits per heavy atom. The van der Waals surface area contributed by atoms with Gasteiger partial charge in [-0.05, 0) is 30.3 Å². The average Bonchev–Trinajstić information content (AvgIpc) is 2.64. The van der Waals surface area contributed by atoms with Gasteiger partial charge in [-0.3, -0.25) is 19.7 Å². The average molecular weight is 378 g/mol. The van der Waals surface area contributed by atoms with Crippen LogP contribution in [-0.2, 0) is 4.79 Å². The zero-order valence-electron chi connectivity index (χ0n) is 13.6. The molecule has 0 spiro atoms. The van der Waals surface area contributed by atoms with Crippen molar-refractivity contribution in [3.05, 3.63) is 69.2 Å². The van der Waals surface area contributed by atoms with E-state index in [-0.39, 0.29) is 37.0 Å². The van der Waals surface area contributed by atoms with E-state index in [1.165, 1.54) is 24.3 Å². The first-order valence-corrected chi connectivity index (χ1v) is 8.01. The van der Waals surface area contributed by atoms with Gasteiger partial charge in [0.15, 0.2) is 6.61 Å². The molecule has 0 aliphatic carbocycles. The molecule has 0 saturated heterocycles. The molecule has 2 aromatic carbocycles. The molecular weight excluding hydrogens is 362 g/mol. The van der Waals surface area contributed by atoms with Gasteiger partial charge in [0.25, 0.3) is 17.5 Å². The van der Waals surface area contributed by atoms with Gasteiger partial charge in [-0.25, -0.2) is 0 Å². The maximum Gasteiger partial charge on any atom is 0.273 e. The maximum absolute atomic E-state index is 11.9. The molecule has 9 heteroatoms. The molecule has 2 rings (SSSR count). The third kappa shape index (κ3) is 6.06. The minimum atomic E-state index is -0.545. The van der Waals surface area contributed by atoms with Crippen molar-refractivity contribution in [1.82, 2.24) is 10.6 Å². The number of rotatable bonds is 8. The second kappa shape index (κ2) is 9.38. The summed E-state index contributed by atoms with van der Waals surface area (Å²) in [5, 5.41) is 16.4. The lowest BCUT2D eigenvalue weighted by Gasteiger charge is -2.08. The molecule has 0 saturated carbocycles. The Morgan fingerprint density at radius 1 is 1.08 bits per heavy atom. The number of nitrogens with one attached hydrogen (secondary N) is 2. The number of amides is 2. The van der Waals surface area contributed by atoms with Crippen molar-refractivity contribution in [3.63, 3.8) is 0 Å². The number of nitro groups is 1. The van der Waals surface area contributed by atoms with Gasteiger partial charge >= 0.3 is 0 Å². The van der Waals surface area contributed by atoms with Crippen molar-refractivity contribution in [3.8, 4) is 5.75 Å². The maximum atomic E-state index is 11.9. The second-order valence-corrected chi connectivity index (χ2v) is 5.59. The van der Waals surface area contributed by atoms with Crippen molar-refractivity contribution >= 4 is 29.1 Å². The van der Waals surface area contributed by atoms with Crippen molar-refractivity contribution in [2.45, 2.75) is 0 Å². The van der Waals surface area contributed by atoms with Gasteiger partial charge < -0.3 is 15.4 Å². The lowest BCUT2D eigenvalue weighted by atomic mass is 10.2. The van der Waals surface area contributed by atoms with Crippen LogP contribution in [0.1, 0.15) is 10.4 Å². The summed E-state index contributed by atoms with van der Waals surface area (Å²) < 4.78 is 5.20. The fraction of sp³-hybridized carbons (Fsp3) is 0.176. The first-order chi connectivity index (χ1) is 12.5. The predicted molar refractivity (Wildman–Crippen MR) is 95.4 cm³/mol. The summed E-state index contributed by atoms with van der Waals surface area (Å²) in [6.45, 7) is 0.173. The lowest BCUT2D eigenvalue weighted by Crippen LogP contribution is -2.36. The molecule has 0 heterocycles. The Hall–Kier alpha value is -3.13. The molecule has 8 nitrogen and oxygen atoms in total. The molecule has 0 atom stereocenters. The van der Waals surface area contributed by atoms with E-state index >= 15 is 0 Å². The molecule has 0 aliphatic rings. The number of ether oxygens (including phenoxy) is 1. The van der Waals surface area contributed by atoms with Crippen LogP contribution in [0.15, 0.2) is 48.5 Å². The van der Waals surface area contributed by atoms with Crippen molar-refractivity contribution in [2.75, 3.05) is 19.7 Å². The molecule has 26 heavy (non-hydrogen) atoms. The fourth-order valence-electron chi connectivity index (χ4n) is 1.97. The van der Waals surface area contributed by atoms with Gasteiger partial charge in [-0.15, -0.1) is 0 Å². The molecule has 0 aliphatic heterocycles. The van der Waals surface area contributed by atoms with E-state index in [4.69, 9.17) is 16.3 Å².